The normalized spacial score (nSPS) is 14.3. The van der Waals surface area contributed by atoms with Crippen molar-refractivity contribution in [1.29, 1.82) is 0 Å². The minimum atomic E-state index is -0.231. The van der Waals surface area contributed by atoms with E-state index in [1.165, 1.54) is 7.05 Å². The molecule has 14 heteroatoms. The minimum Gasteiger partial charge on any atom is -1.00 e. The fourth-order valence-electron chi connectivity index (χ4n) is 0.736. The quantitative estimate of drug-likeness (QED) is 0.0874. The Morgan fingerprint density at radius 3 is 1.83 bits per heavy atom. The van der Waals surface area contributed by atoms with Crippen LogP contribution in [0.25, 0.3) is 0 Å². The van der Waals surface area contributed by atoms with Gasteiger partial charge in [0.05, 0.1) is 11.5 Å². The Labute approximate surface area is 243 Å². The van der Waals surface area contributed by atoms with Crippen molar-refractivity contribution >= 4 is 74.9 Å². The summed E-state index contributed by atoms with van der Waals surface area (Å²) in [5, 5.41) is 10.2. The molecule has 2 saturated heterocycles. The van der Waals surface area contributed by atoms with Crippen molar-refractivity contribution in [2.45, 2.75) is 0 Å². The fourth-order valence-corrected chi connectivity index (χ4v) is 1.99. The molecule has 0 aromatic rings. The molecule has 2 heterocycles. The maximum atomic E-state index is 10.5. The summed E-state index contributed by atoms with van der Waals surface area (Å²) in [7, 11) is 1.49. The van der Waals surface area contributed by atoms with Gasteiger partial charge in [-0.25, -0.2) is 0 Å². The topological polar surface area (TPSA) is 133 Å². The predicted octanol–water partition coefficient (Wildman–Crippen LogP) is -5.87. The molecule has 0 spiro atoms. The zero-order valence-electron chi connectivity index (χ0n) is 14.0. The second kappa shape index (κ2) is 22.5. The molecule has 0 unspecified atom stereocenters. The third kappa shape index (κ3) is 19.0. The number of amides is 4. The Morgan fingerprint density at radius 2 is 1.74 bits per heavy atom. The third-order valence-electron chi connectivity index (χ3n) is 1.58. The number of nitrogens with one attached hydrogen (secondary N) is 1. The standard InChI is InChI=1S/C4H5NO2S.C3H3NO2S.CH3I.CH2O3.2K.H2.H/c1-5-3(6)2-8-4(5)7;5-2-1-7-3(6)4-2;1-2;2-1-4-3;;;;/h2H2,1H3;1H2,(H,4,5,6);1H3;1,3H;;;1H;/q;;;;2*+1;;-1/p-1/i;;;;;;1+1;. The first-order valence-electron chi connectivity index (χ1n) is 4.92. The third-order valence-corrected chi connectivity index (χ3v) is 3.27. The maximum absolute atomic E-state index is 10.5. The van der Waals surface area contributed by atoms with Crippen LogP contribution in [-0.4, -0.2) is 57.1 Å². The first-order valence-corrected chi connectivity index (χ1v) is 9.05. The van der Waals surface area contributed by atoms with E-state index >= 15 is 0 Å². The van der Waals surface area contributed by atoms with Crippen LogP contribution in [0.1, 0.15) is 2.85 Å². The molecule has 0 aromatic carbocycles. The second-order valence-electron chi connectivity index (χ2n) is 2.82. The molecule has 0 radical (unpaired) electrons. The van der Waals surface area contributed by atoms with Gasteiger partial charge in [0.2, 0.25) is 11.8 Å². The number of nitrogens with zero attached hydrogens (tertiary/aromatic N) is 1. The van der Waals surface area contributed by atoms with Gasteiger partial charge in [0.15, 0.2) is 0 Å². The molecule has 23 heavy (non-hydrogen) atoms. The Morgan fingerprint density at radius 1 is 1.26 bits per heavy atom. The van der Waals surface area contributed by atoms with Crippen LogP contribution in [0.4, 0.5) is 9.59 Å². The van der Waals surface area contributed by atoms with E-state index in [1.54, 1.807) is 0 Å². The van der Waals surface area contributed by atoms with Crippen LogP contribution in [0.15, 0.2) is 0 Å². The van der Waals surface area contributed by atoms with Crippen LogP contribution in [0, 0.1) is 0 Å². The maximum Gasteiger partial charge on any atom is 1.00 e. The van der Waals surface area contributed by atoms with Gasteiger partial charge in [-0.15, -0.1) is 0 Å². The van der Waals surface area contributed by atoms with E-state index < -0.39 is 0 Å². The molecule has 2 aliphatic heterocycles. The van der Waals surface area contributed by atoms with E-state index in [-0.39, 0.29) is 134 Å². The Balaban J connectivity index is -0.0000000497. The molecule has 0 bridgehead atoms. The monoisotopic (exact) mass is 533 g/mol. The molecule has 1 N–H and O–H groups in total. The number of halogens is 1. The van der Waals surface area contributed by atoms with Gasteiger partial charge < -0.3 is 11.6 Å². The average molecular weight is 533 g/mol. The molecule has 2 rings (SSSR count). The van der Waals surface area contributed by atoms with Crippen molar-refractivity contribution < 1.29 is 140 Å². The molecule has 0 saturated carbocycles. The van der Waals surface area contributed by atoms with Crippen LogP contribution >= 0.6 is 46.1 Å². The number of rotatable bonds is 1. The molecule has 2 aliphatic rings. The van der Waals surface area contributed by atoms with E-state index in [2.05, 4.69) is 32.8 Å². The van der Waals surface area contributed by atoms with Gasteiger partial charge in [-0.3, -0.25) is 34.2 Å². The molecule has 124 valence electrons. The Hall–Kier alpha value is 2.41. The number of alkyl halides is 1. The van der Waals surface area contributed by atoms with Gasteiger partial charge >= 0.3 is 103 Å². The van der Waals surface area contributed by atoms with E-state index in [0.717, 1.165) is 28.4 Å². The summed E-state index contributed by atoms with van der Waals surface area (Å²) in [6, 6.07) is 0. The van der Waals surface area contributed by atoms with Crippen LogP contribution in [0.3, 0.4) is 0 Å². The molecule has 0 aliphatic carbocycles. The van der Waals surface area contributed by atoms with Crippen molar-refractivity contribution in [2.24, 2.45) is 0 Å². The summed E-state index contributed by atoms with van der Waals surface area (Å²) in [5.74, 6) is 0.323. The van der Waals surface area contributed by atoms with E-state index in [0.29, 0.717) is 11.5 Å². The van der Waals surface area contributed by atoms with Crippen LogP contribution in [0.2, 0.25) is 0 Å². The van der Waals surface area contributed by atoms with Gasteiger partial charge in [0.1, 0.15) is 0 Å². The second-order valence-corrected chi connectivity index (χ2v) is 4.70. The molecular formula is C9H15IK2N2O7S2. The fraction of sp³-hybridized carbons (Fsp3) is 0.444. The first kappa shape index (κ1) is 33.0. The SMILES string of the molecule is CI.CN1C(=O)CSC1=O.O=C1CSC(=O)N1.O=CO[O-].[2HH].[H-].[K+].[K+]. The summed E-state index contributed by atoms with van der Waals surface area (Å²) < 4.78 is 0. The van der Waals surface area contributed by atoms with Crippen molar-refractivity contribution in [2.75, 3.05) is 23.5 Å². The van der Waals surface area contributed by atoms with E-state index in [1.807, 2.05) is 4.93 Å². The van der Waals surface area contributed by atoms with E-state index in [4.69, 9.17) is 10.1 Å². The summed E-state index contributed by atoms with van der Waals surface area (Å²) in [6.45, 7) is -0.181. The van der Waals surface area contributed by atoms with Crippen LogP contribution in [0.5, 0.6) is 0 Å². The number of hydrogen-bond donors (Lipinski definition) is 1. The van der Waals surface area contributed by atoms with Crippen molar-refractivity contribution in [3.8, 4) is 0 Å². The molecule has 9 nitrogen and oxygen atoms in total. The summed E-state index contributed by atoms with van der Waals surface area (Å²) in [5.41, 5.74) is 0. The van der Waals surface area contributed by atoms with E-state index in [9.17, 15) is 19.2 Å². The zero-order valence-corrected chi connectivity index (χ0v) is 23.0. The number of carbonyl (C=O) groups excluding carboxylic acids is 5. The molecule has 2 fully saturated rings. The molecule has 0 atom stereocenters. The minimum absolute atomic E-state index is 0. The van der Waals surface area contributed by atoms with Crippen LogP contribution in [-0.2, 0) is 19.3 Å². The summed E-state index contributed by atoms with van der Waals surface area (Å²) in [4.78, 5) is 55.5. The van der Waals surface area contributed by atoms with Gasteiger partial charge in [-0.1, -0.05) is 46.1 Å². The van der Waals surface area contributed by atoms with Crippen molar-refractivity contribution in [3.05, 3.63) is 0 Å². The van der Waals surface area contributed by atoms with Crippen LogP contribution < -0.4 is 113 Å². The summed E-state index contributed by atoms with van der Waals surface area (Å²) >= 11 is 4.21. The predicted molar refractivity (Wildman–Crippen MR) is 86.9 cm³/mol. The number of imide groups is 2. The van der Waals surface area contributed by atoms with Gasteiger partial charge in [0, 0.05) is 8.47 Å². The van der Waals surface area contributed by atoms with Gasteiger partial charge in [-0.2, -0.15) is 0 Å². The van der Waals surface area contributed by atoms with Crippen molar-refractivity contribution in [1.82, 2.24) is 10.2 Å². The van der Waals surface area contributed by atoms with Gasteiger partial charge in [0.25, 0.3) is 17.0 Å². The molecular weight excluding hydrogens is 517 g/mol. The molecule has 0 aromatic heterocycles. The number of thioether (sulfide) groups is 2. The van der Waals surface area contributed by atoms with Crippen molar-refractivity contribution in [3.63, 3.8) is 0 Å². The zero-order chi connectivity index (χ0) is 16.8. The Bertz CT molecular complexity index is 384. The van der Waals surface area contributed by atoms with Gasteiger partial charge in [-0.05, 0) is 4.93 Å². The summed E-state index contributed by atoms with van der Waals surface area (Å²) in [6.07, 6.45) is 0. The number of carbonyl (C=O) groups is 5. The smallest absolute Gasteiger partial charge is 1.00 e. The first-order chi connectivity index (χ1) is 9.92. The largest absolute Gasteiger partial charge is 1.00 e. The molecule has 4 amide bonds. The Kier molecular flexibility index (Phi) is 32.2. The number of hydrogen-bond acceptors (Lipinski definition) is 9. The average Bonchev–Trinajstić information content (AvgIpc) is 3.01.